The van der Waals surface area contributed by atoms with E-state index in [4.69, 9.17) is 14.2 Å². The molecule has 0 aromatic heterocycles. The second kappa shape index (κ2) is 8.66. The number of carbonyl (C=O) groups is 2. The van der Waals surface area contributed by atoms with Gasteiger partial charge < -0.3 is 19.5 Å². The molecular formula is C21H22N2O7S. The van der Waals surface area contributed by atoms with E-state index in [2.05, 4.69) is 5.32 Å². The number of morpholine rings is 1. The molecule has 2 heterocycles. The smallest absolute Gasteiger partial charge is 0.339 e. The highest BCUT2D eigenvalue weighted by Crippen LogP contribution is 2.30. The molecule has 2 aromatic carbocycles. The van der Waals surface area contributed by atoms with Crippen molar-refractivity contribution in [1.82, 2.24) is 4.31 Å². The van der Waals surface area contributed by atoms with Crippen LogP contribution in [-0.4, -0.2) is 64.1 Å². The highest BCUT2D eigenvalue weighted by molar-refractivity contribution is 7.89. The van der Waals surface area contributed by atoms with Crippen molar-refractivity contribution in [2.45, 2.75) is 17.4 Å². The van der Waals surface area contributed by atoms with E-state index in [1.54, 1.807) is 24.3 Å². The number of hydrogen-bond acceptors (Lipinski definition) is 7. The number of nitrogens with one attached hydrogen (secondary N) is 1. The van der Waals surface area contributed by atoms with E-state index in [1.807, 2.05) is 0 Å². The van der Waals surface area contributed by atoms with Gasteiger partial charge in [-0.3, -0.25) is 4.79 Å². The topological polar surface area (TPSA) is 111 Å². The summed E-state index contributed by atoms with van der Waals surface area (Å²) in [6.45, 7) is 1.17. The Labute approximate surface area is 179 Å². The predicted octanol–water partition coefficient (Wildman–Crippen LogP) is 1.44. The van der Waals surface area contributed by atoms with Crippen molar-refractivity contribution in [2.24, 2.45) is 0 Å². The summed E-state index contributed by atoms with van der Waals surface area (Å²) in [4.78, 5) is 25.1. The summed E-state index contributed by atoms with van der Waals surface area (Å²) >= 11 is 0. The molecule has 1 atom stereocenters. The van der Waals surface area contributed by atoms with Crippen molar-refractivity contribution in [3.8, 4) is 5.75 Å². The molecule has 1 N–H and O–H groups in total. The first kappa shape index (κ1) is 21.3. The van der Waals surface area contributed by atoms with E-state index >= 15 is 0 Å². The van der Waals surface area contributed by atoms with Gasteiger partial charge in [-0.15, -0.1) is 0 Å². The lowest BCUT2D eigenvalue weighted by Crippen LogP contribution is -2.40. The highest BCUT2D eigenvalue weighted by Gasteiger charge is 2.32. The van der Waals surface area contributed by atoms with Gasteiger partial charge in [0.05, 0.1) is 36.5 Å². The number of amides is 1. The maximum Gasteiger partial charge on any atom is 0.339 e. The molecule has 0 radical (unpaired) electrons. The zero-order valence-corrected chi connectivity index (χ0v) is 17.7. The van der Waals surface area contributed by atoms with Crippen LogP contribution in [0.25, 0.3) is 0 Å². The minimum Gasteiger partial charge on any atom is -0.495 e. The van der Waals surface area contributed by atoms with Gasteiger partial charge in [0.1, 0.15) is 5.75 Å². The molecule has 1 saturated heterocycles. The summed E-state index contributed by atoms with van der Waals surface area (Å²) in [5.74, 6) is -0.850. The van der Waals surface area contributed by atoms with Gasteiger partial charge in [-0.2, -0.15) is 4.31 Å². The molecule has 164 valence electrons. The Morgan fingerprint density at radius 2 is 1.90 bits per heavy atom. The Bertz CT molecular complexity index is 1110. The van der Waals surface area contributed by atoms with Crippen LogP contribution in [-0.2, 0) is 30.7 Å². The Kier molecular flexibility index (Phi) is 5.94. The minimum atomic E-state index is -3.76. The van der Waals surface area contributed by atoms with Gasteiger partial charge in [0.2, 0.25) is 10.0 Å². The molecular weight excluding hydrogens is 424 g/mol. The molecule has 4 rings (SSSR count). The van der Waals surface area contributed by atoms with Gasteiger partial charge in [0.15, 0.2) is 6.10 Å². The monoisotopic (exact) mass is 446 g/mol. The van der Waals surface area contributed by atoms with E-state index in [-0.39, 0.29) is 35.8 Å². The lowest BCUT2D eigenvalue weighted by atomic mass is 9.98. The number of esters is 1. The number of fused-ring (bicyclic) bond motifs is 1. The lowest BCUT2D eigenvalue weighted by Gasteiger charge is -2.26. The number of methoxy groups -OCH3 is 1. The molecule has 10 heteroatoms. The van der Waals surface area contributed by atoms with Crippen LogP contribution in [0.3, 0.4) is 0 Å². The second-order valence-electron chi connectivity index (χ2n) is 7.12. The number of cyclic esters (lactones) is 1. The first-order chi connectivity index (χ1) is 14.9. The summed E-state index contributed by atoms with van der Waals surface area (Å²) in [5.41, 5.74) is 1.33. The van der Waals surface area contributed by atoms with E-state index in [0.717, 1.165) is 5.56 Å². The summed E-state index contributed by atoms with van der Waals surface area (Å²) in [6.07, 6.45) is -0.812. The van der Waals surface area contributed by atoms with Crippen LogP contribution >= 0.6 is 0 Å². The number of rotatable bonds is 5. The van der Waals surface area contributed by atoms with Crippen LogP contribution in [0.15, 0.2) is 47.4 Å². The third-order valence-corrected chi connectivity index (χ3v) is 7.12. The molecule has 31 heavy (non-hydrogen) atoms. The fraction of sp³-hybridized carbons (Fsp3) is 0.333. The molecule has 0 bridgehead atoms. The third-order valence-electron chi connectivity index (χ3n) is 5.22. The normalized spacial score (nSPS) is 19.3. The number of anilines is 1. The Balaban J connectivity index is 1.57. The fourth-order valence-electron chi connectivity index (χ4n) is 3.57. The number of ether oxygens (including phenoxy) is 3. The van der Waals surface area contributed by atoms with Gasteiger partial charge in [-0.25, -0.2) is 13.2 Å². The Morgan fingerprint density at radius 1 is 1.16 bits per heavy atom. The van der Waals surface area contributed by atoms with Crippen molar-refractivity contribution in [2.75, 3.05) is 38.7 Å². The Morgan fingerprint density at radius 3 is 2.65 bits per heavy atom. The summed E-state index contributed by atoms with van der Waals surface area (Å²) in [7, 11) is -2.34. The summed E-state index contributed by atoms with van der Waals surface area (Å²) in [6, 6.07) is 11.2. The fourth-order valence-corrected chi connectivity index (χ4v) is 5.01. The molecule has 1 fully saturated rings. The number of sulfonamides is 1. The van der Waals surface area contributed by atoms with Crippen molar-refractivity contribution in [3.63, 3.8) is 0 Å². The molecule has 0 unspecified atom stereocenters. The van der Waals surface area contributed by atoms with Crippen LogP contribution in [0.2, 0.25) is 0 Å². The van der Waals surface area contributed by atoms with Gasteiger partial charge in [0.25, 0.3) is 5.91 Å². The summed E-state index contributed by atoms with van der Waals surface area (Å²) < 4.78 is 43.0. The number of hydrogen-bond donors (Lipinski definition) is 1. The van der Waals surface area contributed by atoms with Gasteiger partial charge in [-0.1, -0.05) is 18.2 Å². The van der Waals surface area contributed by atoms with E-state index in [9.17, 15) is 18.0 Å². The molecule has 2 aliphatic rings. The van der Waals surface area contributed by atoms with E-state index in [1.165, 1.54) is 29.6 Å². The molecule has 2 aromatic rings. The molecule has 0 spiro atoms. The quantitative estimate of drug-likeness (QED) is 0.692. The van der Waals surface area contributed by atoms with Crippen LogP contribution in [0.5, 0.6) is 5.75 Å². The average Bonchev–Trinajstić information content (AvgIpc) is 2.79. The predicted molar refractivity (Wildman–Crippen MR) is 111 cm³/mol. The first-order valence-electron chi connectivity index (χ1n) is 9.76. The van der Waals surface area contributed by atoms with Crippen molar-refractivity contribution < 1.29 is 32.2 Å². The zero-order chi connectivity index (χ0) is 22.0. The SMILES string of the molecule is COc1ccc(S(=O)(=O)N2CCOCC2)cc1NC(=O)[C@H]1Cc2ccccc2C(=O)O1. The Hall–Kier alpha value is -2.95. The lowest BCUT2D eigenvalue weighted by molar-refractivity contribution is -0.125. The van der Waals surface area contributed by atoms with Gasteiger partial charge in [0, 0.05) is 19.5 Å². The highest BCUT2D eigenvalue weighted by atomic mass is 32.2. The standard InChI is InChI=1S/C21H22N2O7S/c1-28-18-7-6-15(31(26,27)23-8-10-29-11-9-23)13-17(18)22-20(24)19-12-14-4-2-3-5-16(14)21(25)30-19/h2-7,13,19H,8-12H2,1H3,(H,22,24)/t19-/m1/s1. The molecule has 1 amide bonds. The maximum absolute atomic E-state index is 13.0. The number of carbonyl (C=O) groups excluding carboxylic acids is 2. The van der Waals surface area contributed by atoms with Crippen LogP contribution in [0.4, 0.5) is 5.69 Å². The largest absolute Gasteiger partial charge is 0.495 e. The maximum atomic E-state index is 13.0. The van der Waals surface area contributed by atoms with Crippen LogP contribution < -0.4 is 10.1 Å². The third kappa shape index (κ3) is 4.27. The molecule has 2 aliphatic heterocycles. The second-order valence-corrected chi connectivity index (χ2v) is 9.06. The van der Waals surface area contributed by atoms with Gasteiger partial charge >= 0.3 is 5.97 Å². The van der Waals surface area contributed by atoms with Crippen molar-refractivity contribution in [3.05, 3.63) is 53.6 Å². The van der Waals surface area contributed by atoms with E-state index in [0.29, 0.717) is 18.8 Å². The minimum absolute atomic E-state index is 0.0245. The molecule has 0 saturated carbocycles. The molecule has 0 aliphatic carbocycles. The number of benzene rings is 2. The van der Waals surface area contributed by atoms with E-state index < -0.39 is 28.0 Å². The van der Waals surface area contributed by atoms with Crippen molar-refractivity contribution >= 4 is 27.6 Å². The average molecular weight is 446 g/mol. The summed E-state index contributed by atoms with van der Waals surface area (Å²) in [5, 5.41) is 2.65. The number of nitrogens with zero attached hydrogens (tertiary/aromatic N) is 1. The van der Waals surface area contributed by atoms with Crippen LogP contribution in [0.1, 0.15) is 15.9 Å². The zero-order valence-electron chi connectivity index (χ0n) is 16.9. The van der Waals surface area contributed by atoms with Crippen molar-refractivity contribution in [1.29, 1.82) is 0 Å². The molecule has 9 nitrogen and oxygen atoms in total. The van der Waals surface area contributed by atoms with Crippen LogP contribution in [0, 0.1) is 0 Å². The first-order valence-corrected chi connectivity index (χ1v) is 11.2. The van der Waals surface area contributed by atoms with Gasteiger partial charge in [-0.05, 0) is 29.8 Å².